The maximum atomic E-state index is 12.3. The van der Waals surface area contributed by atoms with Gasteiger partial charge in [-0.05, 0) is 25.3 Å². The standard InChI is InChI=1S/C17H19N5O/c1-10-6-5-9-12-13(10)18-15-14(12)21-22-17(19-15)20-16(23)11-7-3-2-4-8-11/h5-6,9,11H,2-4,7-8H2,1H3,(H2,18,19,20,22,23). The second-order valence-corrected chi connectivity index (χ2v) is 6.28. The summed E-state index contributed by atoms with van der Waals surface area (Å²) < 4.78 is 0. The van der Waals surface area contributed by atoms with E-state index in [2.05, 4.69) is 25.5 Å². The number of nitrogens with zero attached hydrogens (tertiary/aromatic N) is 3. The van der Waals surface area contributed by atoms with Gasteiger partial charge in [0.1, 0.15) is 5.52 Å². The molecule has 0 saturated heterocycles. The van der Waals surface area contributed by atoms with Crippen molar-refractivity contribution in [2.45, 2.75) is 39.0 Å². The Morgan fingerprint density at radius 1 is 1.22 bits per heavy atom. The van der Waals surface area contributed by atoms with Crippen LogP contribution in [0.5, 0.6) is 0 Å². The number of carbonyl (C=O) groups is 1. The molecular weight excluding hydrogens is 290 g/mol. The van der Waals surface area contributed by atoms with E-state index in [9.17, 15) is 4.79 Å². The minimum absolute atomic E-state index is 0.0122. The summed E-state index contributed by atoms with van der Waals surface area (Å²) in [5, 5.41) is 12.2. The molecule has 0 spiro atoms. The zero-order valence-corrected chi connectivity index (χ0v) is 13.1. The second kappa shape index (κ2) is 5.61. The van der Waals surface area contributed by atoms with Crippen molar-refractivity contribution < 1.29 is 4.79 Å². The van der Waals surface area contributed by atoms with E-state index in [1.807, 2.05) is 25.1 Å². The van der Waals surface area contributed by atoms with E-state index in [-0.39, 0.29) is 17.8 Å². The van der Waals surface area contributed by atoms with Crippen molar-refractivity contribution >= 4 is 33.9 Å². The summed E-state index contributed by atoms with van der Waals surface area (Å²) in [6, 6.07) is 6.03. The molecule has 2 heterocycles. The van der Waals surface area contributed by atoms with Gasteiger partial charge in [0.05, 0.1) is 5.52 Å². The highest BCUT2D eigenvalue weighted by Crippen LogP contribution is 2.26. The number of rotatable bonds is 2. The molecule has 118 valence electrons. The van der Waals surface area contributed by atoms with E-state index in [1.54, 1.807) is 0 Å². The lowest BCUT2D eigenvalue weighted by Gasteiger charge is -2.19. The number of aromatic amines is 1. The van der Waals surface area contributed by atoms with Gasteiger partial charge in [0.25, 0.3) is 5.95 Å². The van der Waals surface area contributed by atoms with Crippen LogP contribution in [0, 0.1) is 12.8 Å². The molecule has 1 saturated carbocycles. The molecule has 1 aliphatic rings. The quantitative estimate of drug-likeness (QED) is 0.760. The first-order valence-corrected chi connectivity index (χ1v) is 8.15. The van der Waals surface area contributed by atoms with Crippen LogP contribution in [-0.4, -0.2) is 26.1 Å². The minimum Gasteiger partial charge on any atom is -0.337 e. The van der Waals surface area contributed by atoms with Gasteiger partial charge >= 0.3 is 0 Å². The summed E-state index contributed by atoms with van der Waals surface area (Å²) in [5.74, 6) is 0.364. The van der Waals surface area contributed by atoms with Gasteiger partial charge < -0.3 is 4.98 Å². The van der Waals surface area contributed by atoms with Crippen LogP contribution in [0.25, 0.3) is 22.1 Å². The van der Waals surface area contributed by atoms with Crippen molar-refractivity contribution in [2.24, 2.45) is 5.92 Å². The van der Waals surface area contributed by atoms with E-state index in [0.717, 1.165) is 47.7 Å². The van der Waals surface area contributed by atoms with Crippen LogP contribution < -0.4 is 5.32 Å². The van der Waals surface area contributed by atoms with Crippen LogP contribution in [0.3, 0.4) is 0 Å². The lowest BCUT2D eigenvalue weighted by atomic mass is 9.89. The summed E-state index contributed by atoms with van der Waals surface area (Å²) in [4.78, 5) is 20.0. The number of aromatic nitrogens is 4. The van der Waals surface area contributed by atoms with Gasteiger partial charge in [-0.3, -0.25) is 10.1 Å². The van der Waals surface area contributed by atoms with Crippen LogP contribution in [0.1, 0.15) is 37.7 Å². The summed E-state index contributed by atoms with van der Waals surface area (Å²) in [7, 11) is 0. The Kier molecular flexibility index (Phi) is 3.44. The fourth-order valence-corrected chi connectivity index (χ4v) is 3.37. The first-order valence-electron chi connectivity index (χ1n) is 8.15. The number of para-hydroxylation sites is 1. The van der Waals surface area contributed by atoms with Crippen LogP contribution in [0.2, 0.25) is 0 Å². The van der Waals surface area contributed by atoms with Crippen LogP contribution >= 0.6 is 0 Å². The van der Waals surface area contributed by atoms with Crippen LogP contribution in [-0.2, 0) is 4.79 Å². The predicted octanol–water partition coefficient (Wildman–Crippen LogP) is 3.33. The Labute approximate surface area is 133 Å². The zero-order chi connectivity index (χ0) is 15.8. The molecule has 2 aromatic heterocycles. The fourth-order valence-electron chi connectivity index (χ4n) is 3.37. The number of amides is 1. The topological polar surface area (TPSA) is 83.6 Å². The van der Waals surface area contributed by atoms with E-state index < -0.39 is 0 Å². The Balaban J connectivity index is 1.65. The summed E-state index contributed by atoms with van der Waals surface area (Å²) in [6.45, 7) is 2.04. The first-order chi connectivity index (χ1) is 11.2. The van der Waals surface area contributed by atoms with Gasteiger partial charge in [-0.1, -0.05) is 37.5 Å². The number of carbonyl (C=O) groups excluding carboxylic acids is 1. The third kappa shape index (κ3) is 2.54. The van der Waals surface area contributed by atoms with Crippen molar-refractivity contribution in [1.29, 1.82) is 0 Å². The van der Waals surface area contributed by atoms with Crippen molar-refractivity contribution in [3.8, 4) is 0 Å². The molecule has 0 unspecified atom stereocenters. The molecule has 6 nitrogen and oxygen atoms in total. The molecule has 4 rings (SSSR count). The lowest BCUT2D eigenvalue weighted by molar-refractivity contribution is -0.120. The Hall–Kier alpha value is -2.50. The normalized spacial score (nSPS) is 16.0. The van der Waals surface area contributed by atoms with E-state index in [4.69, 9.17) is 0 Å². The maximum Gasteiger partial charge on any atom is 0.251 e. The zero-order valence-electron chi connectivity index (χ0n) is 13.1. The Morgan fingerprint density at radius 2 is 2.04 bits per heavy atom. The van der Waals surface area contributed by atoms with Gasteiger partial charge in [-0.25, -0.2) is 0 Å². The van der Waals surface area contributed by atoms with Gasteiger partial charge in [0.2, 0.25) is 5.91 Å². The van der Waals surface area contributed by atoms with Gasteiger partial charge in [-0.15, -0.1) is 10.2 Å². The number of benzene rings is 1. The second-order valence-electron chi connectivity index (χ2n) is 6.28. The maximum absolute atomic E-state index is 12.3. The van der Waals surface area contributed by atoms with Gasteiger partial charge in [0, 0.05) is 11.3 Å². The lowest BCUT2D eigenvalue weighted by Crippen LogP contribution is -2.25. The van der Waals surface area contributed by atoms with Crippen LogP contribution in [0.15, 0.2) is 18.2 Å². The molecule has 1 amide bonds. The Bertz CT molecular complexity index is 879. The van der Waals surface area contributed by atoms with Gasteiger partial charge in [0.15, 0.2) is 5.65 Å². The highest BCUT2D eigenvalue weighted by atomic mass is 16.2. The molecule has 0 bridgehead atoms. The average Bonchev–Trinajstić information content (AvgIpc) is 2.95. The summed E-state index contributed by atoms with van der Waals surface area (Å²) >= 11 is 0. The smallest absolute Gasteiger partial charge is 0.251 e. The van der Waals surface area contributed by atoms with E-state index in [1.165, 1.54) is 6.42 Å². The minimum atomic E-state index is 0.0122. The molecule has 1 aliphatic carbocycles. The van der Waals surface area contributed by atoms with E-state index >= 15 is 0 Å². The third-order valence-corrected chi connectivity index (χ3v) is 4.67. The van der Waals surface area contributed by atoms with E-state index in [0.29, 0.717) is 5.65 Å². The van der Waals surface area contributed by atoms with Crippen molar-refractivity contribution in [3.05, 3.63) is 23.8 Å². The molecule has 2 N–H and O–H groups in total. The molecule has 1 aromatic carbocycles. The highest BCUT2D eigenvalue weighted by molar-refractivity contribution is 6.04. The molecule has 0 radical (unpaired) electrons. The number of hydrogen-bond donors (Lipinski definition) is 2. The van der Waals surface area contributed by atoms with Gasteiger partial charge in [-0.2, -0.15) is 4.98 Å². The monoisotopic (exact) mass is 309 g/mol. The number of hydrogen-bond acceptors (Lipinski definition) is 4. The number of nitrogens with one attached hydrogen (secondary N) is 2. The highest BCUT2D eigenvalue weighted by Gasteiger charge is 2.22. The average molecular weight is 309 g/mol. The largest absolute Gasteiger partial charge is 0.337 e. The molecule has 1 fully saturated rings. The third-order valence-electron chi connectivity index (χ3n) is 4.67. The SMILES string of the molecule is Cc1cccc2c1[nH]c1nc(NC(=O)C3CCCCC3)nnc12. The number of anilines is 1. The Morgan fingerprint density at radius 3 is 2.87 bits per heavy atom. The number of fused-ring (bicyclic) bond motifs is 3. The summed E-state index contributed by atoms with van der Waals surface area (Å²) in [6.07, 6.45) is 5.37. The summed E-state index contributed by atoms with van der Waals surface area (Å²) in [5.41, 5.74) is 3.54. The predicted molar refractivity (Wildman–Crippen MR) is 89.1 cm³/mol. The van der Waals surface area contributed by atoms with Crippen molar-refractivity contribution in [2.75, 3.05) is 5.32 Å². The number of aryl methyl sites for hydroxylation is 1. The molecule has 23 heavy (non-hydrogen) atoms. The molecule has 3 aromatic rings. The molecular formula is C17H19N5O. The fraction of sp³-hybridized carbons (Fsp3) is 0.412. The first kappa shape index (κ1) is 14.1. The number of H-pyrrole nitrogens is 1. The molecule has 6 heteroatoms. The molecule has 0 aliphatic heterocycles. The molecule has 0 atom stereocenters. The van der Waals surface area contributed by atoms with Crippen LogP contribution in [0.4, 0.5) is 5.95 Å². The van der Waals surface area contributed by atoms with Crippen molar-refractivity contribution in [1.82, 2.24) is 20.2 Å². The van der Waals surface area contributed by atoms with Crippen molar-refractivity contribution in [3.63, 3.8) is 0 Å².